The zero-order chi connectivity index (χ0) is 16.4. The summed E-state index contributed by atoms with van der Waals surface area (Å²) in [5.41, 5.74) is 0.557. The molecule has 116 valence electrons. The lowest BCUT2D eigenvalue weighted by Gasteiger charge is -2.11. The molecule has 0 bridgehead atoms. The second-order valence-electron chi connectivity index (χ2n) is 4.70. The van der Waals surface area contributed by atoms with Crippen LogP contribution in [0.5, 0.6) is 0 Å². The minimum Gasteiger partial charge on any atom is -0.479 e. The average molecular weight is 306 g/mol. The number of imide groups is 1. The topological polar surface area (TPSA) is 113 Å². The van der Waals surface area contributed by atoms with Crippen LogP contribution in [0.1, 0.15) is 31.1 Å². The van der Waals surface area contributed by atoms with E-state index in [1.165, 1.54) is 32.4 Å². The average Bonchev–Trinajstić information content (AvgIpc) is 2.72. The first-order valence-corrected chi connectivity index (χ1v) is 6.37. The van der Waals surface area contributed by atoms with E-state index in [0.29, 0.717) is 0 Å². The normalized spacial score (nSPS) is 14.7. The van der Waals surface area contributed by atoms with Crippen LogP contribution in [0.2, 0.25) is 0 Å². The summed E-state index contributed by atoms with van der Waals surface area (Å²) in [5.74, 6) is -2.65. The van der Waals surface area contributed by atoms with Crippen LogP contribution in [0.4, 0.5) is 0 Å². The summed E-state index contributed by atoms with van der Waals surface area (Å²) in [5, 5.41) is 11.2. The van der Waals surface area contributed by atoms with E-state index < -0.39 is 29.8 Å². The fraction of sp³-hybridized carbons (Fsp3) is 0.286. The van der Waals surface area contributed by atoms with Gasteiger partial charge in [0.15, 0.2) is 6.10 Å². The number of carboxylic acid groups (broad SMARTS) is 1. The monoisotopic (exact) mass is 306 g/mol. The van der Waals surface area contributed by atoms with Crippen LogP contribution in [-0.2, 0) is 9.53 Å². The summed E-state index contributed by atoms with van der Waals surface area (Å²) in [4.78, 5) is 47.3. The molecule has 0 aliphatic carbocycles. The van der Waals surface area contributed by atoms with E-state index in [2.05, 4.69) is 5.32 Å². The second-order valence-corrected chi connectivity index (χ2v) is 4.70. The molecule has 2 N–H and O–H groups in total. The van der Waals surface area contributed by atoms with Crippen molar-refractivity contribution in [3.8, 4) is 0 Å². The van der Waals surface area contributed by atoms with Crippen LogP contribution >= 0.6 is 0 Å². The van der Waals surface area contributed by atoms with Crippen molar-refractivity contribution in [2.75, 3.05) is 20.7 Å². The van der Waals surface area contributed by atoms with Crippen molar-refractivity contribution in [3.63, 3.8) is 0 Å². The highest BCUT2D eigenvalue weighted by Crippen LogP contribution is 2.22. The SMILES string of the molecule is COC(CNC(=O)c1ccc2c(c1)C(=O)N(C)C2=O)C(=O)O. The van der Waals surface area contributed by atoms with Gasteiger partial charge >= 0.3 is 5.97 Å². The van der Waals surface area contributed by atoms with Crippen LogP contribution < -0.4 is 5.32 Å². The Bertz CT molecular complexity index is 669. The van der Waals surface area contributed by atoms with Crippen molar-refractivity contribution in [2.45, 2.75) is 6.10 Å². The molecule has 0 radical (unpaired) electrons. The molecule has 2 rings (SSSR count). The second kappa shape index (κ2) is 5.94. The Hall–Kier alpha value is -2.74. The highest BCUT2D eigenvalue weighted by molar-refractivity contribution is 6.21. The fourth-order valence-electron chi connectivity index (χ4n) is 2.06. The predicted molar refractivity (Wildman–Crippen MR) is 73.6 cm³/mol. The van der Waals surface area contributed by atoms with Gasteiger partial charge < -0.3 is 15.2 Å². The summed E-state index contributed by atoms with van der Waals surface area (Å²) < 4.78 is 4.70. The Labute approximate surface area is 125 Å². The molecule has 0 aromatic heterocycles. The fourth-order valence-corrected chi connectivity index (χ4v) is 2.06. The van der Waals surface area contributed by atoms with Gasteiger partial charge in [-0.2, -0.15) is 0 Å². The van der Waals surface area contributed by atoms with E-state index in [1.54, 1.807) is 0 Å². The summed E-state index contributed by atoms with van der Waals surface area (Å²) in [6.07, 6.45) is -1.16. The predicted octanol–water partition coefficient (Wildman–Crippen LogP) is -0.258. The van der Waals surface area contributed by atoms with Crippen molar-refractivity contribution < 1.29 is 29.0 Å². The third-order valence-electron chi connectivity index (χ3n) is 3.36. The number of nitrogens with zero attached hydrogens (tertiary/aromatic N) is 1. The number of benzene rings is 1. The molecule has 8 heteroatoms. The van der Waals surface area contributed by atoms with Gasteiger partial charge in [0.25, 0.3) is 17.7 Å². The molecule has 0 fully saturated rings. The molecule has 1 aliphatic rings. The molecule has 3 amide bonds. The molecule has 8 nitrogen and oxygen atoms in total. The molecular formula is C14H14N2O6. The number of hydrogen-bond acceptors (Lipinski definition) is 5. The zero-order valence-electron chi connectivity index (χ0n) is 12.0. The minimum atomic E-state index is -1.20. The molecule has 1 aliphatic heterocycles. The third-order valence-corrected chi connectivity index (χ3v) is 3.36. The maximum atomic E-state index is 12.0. The summed E-state index contributed by atoms with van der Waals surface area (Å²) in [7, 11) is 2.58. The van der Waals surface area contributed by atoms with Crippen molar-refractivity contribution in [1.82, 2.24) is 10.2 Å². The Morgan fingerprint density at radius 1 is 1.27 bits per heavy atom. The van der Waals surface area contributed by atoms with Gasteiger partial charge in [-0.1, -0.05) is 0 Å². The number of nitrogens with one attached hydrogen (secondary N) is 1. The van der Waals surface area contributed by atoms with Crippen molar-refractivity contribution >= 4 is 23.7 Å². The Morgan fingerprint density at radius 3 is 2.50 bits per heavy atom. The van der Waals surface area contributed by atoms with Gasteiger partial charge in [0.2, 0.25) is 0 Å². The van der Waals surface area contributed by atoms with Gasteiger partial charge in [0.05, 0.1) is 17.7 Å². The summed E-state index contributed by atoms with van der Waals surface area (Å²) in [6, 6.07) is 4.12. The van der Waals surface area contributed by atoms with E-state index in [1.807, 2.05) is 0 Å². The number of carbonyl (C=O) groups excluding carboxylic acids is 3. The molecule has 1 unspecified atom stereocenters. The van der Waals surface area contributed by atoms with Crippen molar-refractivity contribution in [1.29, 1.82) is 0 Å². The Kier molecular flexibility index (Phi) is 4.22. The molecule has 0 saturated heterocycles. The third kappa shape index (κ3) is 2.68. The summed E-state index contributed by atoms with van der Waals surface area (Å²) in [6.45, 7) is -0.214. The lowest BCUT2D eigenvalue weighted by atomic mass is 10.1. The number of aliphatic carboxylic acids is 1. The first-order valence-electron chi connectivity index (χ1n) is 6.37. The Morgan fingerprint density at radius 2 is 1.91 bits per heavy atom. The van der Waals surface area contributed by atoms with Gasteiger partial charge in [-0.25, -0.2) is 4.79 Å². The lowest BCUT2D eigenvalue weighted by molar-refractivity contribution is -0.148. The molecule has 1 heterocycles. The molecule has 0 spiro atoms. The van der Waals surface area contributed by atoms with Crippen LogP contribution in [0.25, 0.3) is 0 Å². The van der Waals surface area contributed by atoms with E-state index in [4.69, 9.17) is 9.84 Å². The number of carboxylic acids is 1. The van der Waals surface area contributed by atoms with E-state index >= 15 is 0 Å². The number of hydrogen-bond donors (Lipinski definition) is 2. The Balaban J connectivity index is 2.15. The lowest BCUT2D eigenvalue weighted by Crippen LogP contribution is -2.37. The molecule has 1 aromatic rings. The molecule has 1 aromatic carbocycles. The molecule has 1 atom stereocenters. The van der Waals surface area contributed by atoms with Gasteiger partial charge in [0.1, 0.15) is 0 Å². The number of rotatable bonds is 5. The van der Waals surface area contributed by atoms with Crippen LogP contribution in [0, 0.1) is 0 Å². The van der Waals surface area contributed by atoms with Crippen molar-refractivity contribution in [3.05, 3.63) is 34.9 Å². The molecule has 0 saturated carbocycles. The number of methoxy groups -OCH3 is 1. The quantitative estimate of drug-likeness (QED) is 0.725. The van der Waals surface area contributed by atoms with E-state index in [9.17, 15) is 19.2 Å². The molecule has 22 heavy (non-hydrogen) atoms. The largest absolute Gasteiger partial charge is 0.479 e. The number of carbonyl (C=O) groups is 4. The van der Waals surface area contributed by atoms with Gasteiger partial charge in [0, 0.05) is 19.7 Å². The maximum absolute atomic E-state index is 12.0. The minimum absolute atomic E-state index is 0.154. The zero-order valence-corrected chi connectivity index (χ0v) is 12.0. The molecular weight excluding hydrogens is 292 g/mol. The van der Waals surface area contributed by atoms with Crippen LogP contribution in [0.3, 0.4) is 0 Å². The van der Waals surface area contributed by atoms with E-state index in [0.717, 1.165) is 4.90 Å². The van der Waals surface area contributed by atoms with E-state index in [-0.39, 0.29) is 23.2 Å². The first-order chi connectivity index (χ1) is 10.4. The first kappa shape index (κ1) is 15.6. The van der Waals surface area contributed by atoms with Crippen LogP contribution in [0.15, 0.2) is 18.2 Å². The number of fused-ring (bicyclic) bond motifs is 1. The highest BCUT2D eigenvalue weighted by Gasteiger charge is 2.33. The van der Waals surface area contributed by atoms with Gasteiger partial charge in [-0.15, -0.1) is 0 Å². The summed E-state index contributed by atoms with van der Waals surface area (Å²) >= 11 is 0. The van der Waals surface area contributed by atoms with Gasteiger partial charge in [-0.05, 0) is 18.2 Å². The highest BCUT2D eigenvalue weighted by atomic mass is 16.5. The van der Waals surface area contributed by atoms with Gasteiger partial charge in [-0.3, -0.25) is 19.3 Å². The standard InChI is InChI=1S/C14H14N2O6/c1-16-12(18)8-4-3-7(5-9(8)13(16)19)11(17)15-6-10(22-2)14(20)21/h3-5,10H,6H2,1-2H3,(H,15,17)(H,20,21). The van der Waals surface area contributed by atoms with Crippen molar-refractivity contribution in [2.24, 2.45) is 0 Å². The maximum Gasteiger partial charge on any atom is 0.334 e. The number of amides is 3. The number of ether oxygens (including phenoxy) is 1. The van der Waals surface area contributed by atoms with Crippen LogP contribution in [-0.4, -0.2) is 60.5 Å². The smallest absolute Gasteiger partial charge is 0.334 e.